The number of nitrogens with one attached hydrogen (secondary N) is 1. The first-order valence-electron chi connectivity index (χ1n) is 9.99. The number of benzene rings is 1. The van der Waals surface area contributed by atoms with Gasteiger partial charge in [-0.15, -0.1) is 0 Å². The Kier molecular flexibility index (Phi) is 7.79. The van der Waals surface area contributed by atoms with Crippen LogP contribution >= 0.6 is 0 Å². The van der Waals surface area contributed by atoms with E-state index in [4.69, 9.17) is 10.5 Å². The zero-order chi connectivity index (χ0) is 22.4. The number of nitrogen functional groups attached to an aromatic ring is 1. The third kappa shape index (κ3) is 5.08. The smallest absolute Gasteiger partial charge is 0.330 e. The van der Waals surface area contributed by atoms with Crippen LogP contribution in [0.4, 0.5) is 15.9 Å². The maximum Gasteiger partial charge on any atom is 0.330 e. The van der Waals surface area contributed by atoms with Crippen molar-refractivity contribution >= 4 is 17.4 Å². The van der Waals surface area contributed by atoms with Crippen molar-refractivity contribution < 1.29 is 13.9 Å². The molecule has 0 spiro atoms. The highest BCUT2D eigenvalue weighted by Crippen LogP contribution is 2.26. The molecule has 3 N–H and O–H groups in total. The third-order valence-electron chi connectivity index (χ3n) is 4.79. The van der Waals surface area contributed by atoms with Crippen LogP contribution in [0.5, 0.6) is 5.75 Å². The van der Waals surface area contributed by atoms with Crippen LogP contribution in [0.25, 0.3) is 0 Å². The molecule has 0 saturated heterocycles. The number of carbonyl (C=O) groups is 1. The standard InChI is InChI=1S/C21H29FN4O4/c1-5-6-10-26-18(23)17(19(27)24-21(26)29)25(11-9-13(2)3)20(28)15-12-14(22)7-8-16(15)30-4/h7-8,12-13H,5-6,9-11,23H2,1-4H3,(H,24,27,29). The fourth-order valence-electron chi connectivity index (χ4n) is 3.07. The van der Waals surface area contributed by atoms with Gasteiger partial charge in [-0.05, 0) is 37.0 Å². The summed E-state index contributed by atoms with van der Waals surface area (Å²) in [5, 5.41) is 0. The van der Waals surface area contributed by atoms with Gasteiger partial charge in [-0.25, -0.2) is 9.18 Å². The zero-order valence-corrected chi connectivity index (χ0v) is 17.8. The van der Waals surface area contributed by atoms with Crippen LogP contribution in [0.3, 0.4) is 0 Å². The molecule has 2 aromatic rings. The first-order valence-corrected chi connectivity index (χ1v) is 9.99. The number of hydrogen-bond acceptors (Lipinski definition) is 5. The summed E-state index contributed by atoms with van der Waals surface area (Å²) in [5.41, 5.74) is 4.64. The molecule has 9 heteroatoms. The summed E-state index contributed by atoms with van der Waals surface area (Å²) in [7, 11) is 1.37. The molecular weight excluding hydrogens is 391 g/mol. The van der Waals surface area contributed by atoms with Gasteiger partial charge in [0.05, 0.1) is 12.7 Å². The Balaban J connectivity index is 2.66. The van der Waals surface area contributed by atoms with Crippen LogP contribution < -0.4 is 26.6 Å². The van der Waals surface area contributed by atoms with Crippen LogP contribution in [-0.4, -0.2) is 29.1 Å². The number of carbonyl (C=O) groups excluding carboxylic acids is 1. The number of methoxy groups -OCH3 is 1. The monoisotopic (exact) mass is 420 g/mol. The van der Waals surface area contributed by atoms with E-state index in [1.807, 2.05) is 20.8 Å². The van der Waals surface area contributed by atoms with Gasteiger partial charge in [-0.2, -0.15) is 0 Å². The van der Waals surface area contributed by atoms with Gasteiger partial charge in [0.25, 0.3) is 11.5 Å². The quantitative estimate of drug-likeness (QED) is 0.648. The molecule has 0 aliphatic heterocycles. The van der Waals surface area contributed by atoms with Crippen LogP contribution in [0.15, 0.2) is 27.8 Å². The minimum absolute atomic E-state index is 0.0358. The number of rotatable bonds is 9. The second kappa shape index (κ2) is 10.1. The first kappa shape index (κ1) is 23.2. The maximum atomic E-state index is 13.9. The van der Waals surface area contributed by atoms with Crippen LogP contribution in [0.2, 0.25) is 0 Å². The second-order valence-corrected chi connectivity index (χ2v) is 7.48. The van der Waals surface area contributed by atoms with E-state index in [1.54, 1.807) is 0 Å². The lowest BCUT2D eigenvalue weighted by Gasteiger charge is -2.26. The SMILES string of the molecule is CCCCn1c(N)c(N(CCC(C)C)C(=O)c2cc(F)ccc2OC)c(=O)[nH]c1=O. The van der Waals surface area contributed by atoms with Crippen molar-refractivity contribution in [1.29, 1.82) is 0 Å². The van der Waals surface area contributed by atoms with Gasteiger partial charge in [0.15, 0.2) is 5.69 Å². The molecule has 1 amide bonds. The van der Waals surface area contributed by atoms with Gasteiger partial charge in [-0.3, -0.25) is 19.1 Å². The van der Waals surface area contributed by atoms with Gasteiger partial charge in [0, 0.05) is 13.1 Å². The zero-order valence-electron chi connectivity index (χ0n) is 17.8. The Morgan fingerprint density at radius 2 is 2.03 bits per heavy atom. The Labute approximate surface area is 174 Å². The van der Waals surface area contributed by atoms with Crippen LogP contribution in [-0.2, 0) is 6.54 Å². The van der Waals surface area contributed by atoms with E-state index in [0.717, 1.165) is 12.5 Å². The number of halogens is 1. The van der Waals surface area contributed by atoms with Crippen LogP contribution in [0, 0.1) is 11.7 Å². The molecule has 0 saturated carbocycles. The predicted octanol–water partition coefficient (Wildman–Crippen LogP) is 2.76. The summed E-state index contributed by atoms with van der Waals surface area (Å²) in [6.45, 7) is 6.38. The lowest BCUT2D eigenvalue weighted by Crippen LogP contribution is -2.42. The maximum absolute atomic E-state index is 13.9. The minimum atomic E-state index is -0.766. The Hall–Kier alpha value is -3.10. The molecule has 0 aliphatic rings. The molecule has 0 radical (unpaired) electrons. The van der Waals surface area contributed by atoms with Crippen molar-refractivity contribution in [3.05, 3.63) is 50.4 Å². The summed E-state index contributed by atoms with van der Waals surface area (Å²) < 4.78 is 20.3. The average Bonchev–Trinajstić information content (AvgIpc) is 2.69. The van der Waals surface area contributed by atoms with Crippen molar-refractivity contribution in [2.24, 2.45) is 5.92 Å². The van der Waals surface area contributed by atoms with Gasteiger partial charge >= 0.3 is 5.69 Å². The number of aromatic nitrogens is 2. The molecule has 0 aliphatic carbocycles. The lowest BCUT2D eigenvalue weighted by atomic mass is 10.1. The summed E-state index contributed by atoms with van der Waals surface area (Å²) in [5.74, 6) is -0.946. The van der Waals surface area contributed by atoms with Crippen molar-refractivity contribution in [3.63, 3.8) is 0 Å². The van der Waals surface area contributed by atoms with Crippen molar-refractivity contribution in [1.82, 2.24) is 9.55 Å². The van der Waals surface area contributed by atoms with Gasteiger partial charge in [0.2, 0.25) is 0 Å². The van der Waals surface area contributed by atoms with E-state index in [2.05, 4.69) is 4.98 Å². The molecule has 1 aromatic heterocycles. The van der Waals surface area contributed by atoms with Gasteiger partial charge in [-0.1, -0.05) is 27.2 Å². The number of nitrogens with zero attached hydrogens (tertiary/aromatic N) is 2. The lowest BCUT2D eigenvalue weighted by molar-refractivity contribution is 0.0982. The average molecular weight is 420 g/mol. The van der Waals surface area contributed by atoms with Crippen molar-refractivity contribution in [2.75, 3.05) is 24.3 Å². The number of hydrogen-bond donors (Lipinski definition) is 2. The second-order valence-electron chi connectivity index (χ2n) is 7.48. The van der Waals surface area contributed by atoms with E-state index in [9.17, 15) is 18.8 Å². The molecule has 0 unspecified atom stereocenters. The summed E-state index contributed by atoms with van der Waals surface area (Å²) in [6.07, 6.45) is 2.06. The molecule has 0 atom stereocenters. The molecule has 164 valence electrons. The number of unbranched alkanes of at least 4 members (excludes halogenated alkanes) is 1. The summed E-state index contributed by atoms with van der Waals surface area (Å²) in [6, 6.07) is 3.58. The third-order valence-corrected chi connectivity index (χ3v) is 4.79. The Bertz CT molecular complexity index is 1010. The van der Waals surface area contributed by atoms with Crippen LogP contribution in [0.1, 0.15) is 50.4 Å². The first-order chi connectivity index (χ1) is 14.2. The van der Waals surface area contributed by atoms with E-state index in [0.29, 0.717) is 19.4 Å². The van der Waals surface area contributed by atoms with Crippen molar-refractivity contribution in [3.8, 4) is 5.75 Å². The molecule has 8 nitrogen and oxygen atoms in total. The topological polar surface area (TPSA) is 110 Å². The van der Waals surface area contributed by atoms with E-state index in [1.165, 1.54) is 28.7 Å². The molecular formula is C21H29FN4O4. The molecule has 0 bridgehead atoms. The highest BCUT2D eigenvalue weighted by Gasteiger charge is 2.27. The highest BCUT2D eigenvalue weighted by atomic mass is 19.1. The van der Waals surface area contributed by atoms with Crippen molar-refractivity contribution in [2.45, 2.75) is 46.6 Å². The van der Waals surface area contributed by atoms with Gasteiger partial charge in [0.1, 0.15) is 17.4 Å². The molecule has 2 rings (SSSR count). The number of nitrogens with two attached hydrogens (primary N) is 1. The number of anilines is 2. The molecule has 1 heterocycles. The number of amides is 1. The van der Waals surface area contributed by atoms with Gasteiger partial charge < -0.3 is 15.4 Å². The predicted molar refractivity (Wildman–Crippen MR) is 115 cm³/mol. The number of ether oxygens (including phenoxy) is 1. The fourth-order valence-corrected chi connectivity index (χ4v) is 3.07. The fraction of sp³-hybridized carbons (Fsp3) is 0.476. The number of H-pyrrole nitrogens is 1. The van der Waals surface area contributed by atoms with E-state index >= 15 is 0 Å². The normalized spacial score (nSPS) is 11.0. The minimum Gasteiger partial charge on any atom is -0.496 e. The summed E-state index contributed by atoms with van der Waals surface area (Å²) >= 11 is 0. The Morgan fingerprint density at radius 1 is 1.33 bits per heavy atom. The van der Waals surface area contributed by atoms with E-state index < -0.39 is 23.0 Å². The molecule has 1 aromatic carbocycles. The summed E-state index contributed by atoms with van der Waals surface area (Å²) in [4.78, 5) is 41.8. The molecule has 0 fully saturated rings. The van der Waals surface area contributed by atoms with E-state index in [-0.39, 0.29) is 35.3 Å². The Morgan fingerprint density at radius 3 is 2.63 bits per heavy atom. The molecule has 30 heavy (non-hydrogen) atoms. The highest BCUT2D eigenvalue weighted by molar-refractivity contribution is 6.08. The largest absolute Gasteiger partial charge is 0.496 e. The number of aromatic amines is 1.